The minimum absolute atomic E-state index is 0.0309. The molecule has 1 N–H and O–H groups in total. The predicted octanol–water partition coefficient (Wildman–Crippen LogP) is 3.88. The summed E-state index contributed by atoms with van der Waals surface area (Å²) in [7, 11) is 0. The van der Waals surface area contributed by atoms with Crippen molar-refractivity contribution >= 4 is 11.9 Å². The molecule has 1 aromatic carbocycles. The molecule has 0 bridgehead atoms. The number of nitrogens with one attached hydrogen (secondary N) is 1. The van der Waals surface area contributed by atoms with Crippen molar-refractivity contribution in [3.05, 3.63) is 35.9 Å². The van der Waals surface area contributed by atoms with Gasteiger partial charge in [-0.15, -0.1) is 0 Å². The lowest BCUT2D eigenvalue weighted by atomic mass is 10.0. The Labute approximate surface area is 133 Å². The van der Waals surface area contributed by atoms with Gasteiger partial charge in [-0.3, -0.25) is 0 Å². The highest BCUT2D eigenvalue weighted by Crippen LogP contribution is 2.12. The third kappa shape index (κ3) is 8.45. The maximum absolute atomic E-state index is 12.0. The molecule has 0 fully saturated rings. The lowest BCUT2D eigenvalue weighted by Crippen LogP contribution is -2.40. The van der Waals surface area contributed by atoms with E-state index < -0.39 is 11.7 Å². The smallest absolute Gasteiger partial charge is 0.407 e. The van der Waals surface area contributed by atoms with Crippen molar-refractivity contribution < 1.29 is 14.3 Å². The van der Waals surface area contributed by atoms with E-state index in [1.54, 1.807) is 6.92 Å². The van der Waals surface area contributed by atoms with E-state index in [1.807, 2.05) is 51.1 Å². The topological polar surface area (TPSA) is 55.4 Å². The fourth-order valence-electron chi connectivity index (χ4n) is 2.20. The molecule has 4 heteroatoms. The fraction of sp³-hybridized carbons (Fsp3) is 0.556. The van der Waals surface area contributed by atoms with E-state index in [1.165, 1.54) is 0 Å². The van der Waals surface area contributed by atoms with Crippen LogP contribution in [0.2, 0.25) is 0 Å². The molecule has 0 saturated heterocycles. The zero-order chi connectivity index (χ0) is 16.6. The molecule has 0 aliphatic heterocycles. The number of Topliss-reactive ketones (excluding diaryl/α,β-unsaturated/α-hetero) is 1. The van der Waals surface area contributed by atoms with Crippen LogP contribution in [-0.2, 0) is 16.0 Å². The maximum atomic E-state index is 12.0. The number of hydrogen-bond acceptors (Lipinski definition) is 3. The molecule has 0 unspecified atom stereocenters. The Balaban J connectivity index is 2.60. The maximum Gasteiger partial charge on any atom is 0.407 e. The first-order valence-electron chi connectivity index (χ1n) is 7.79. The third-order valence-electron chi connectivity index (χ3n) is 3.13. The Bertz CT molecular complexity index is 477. The molecule has 4 nitrogen and oxygen atoms in total. The van der Waals surface area contributed by atoms with Crippen LogP contribution in [-0.4, -0.2) is 23.5 Å². The summed E-state index contributed by atoms with van der Waals surface area (Å²) < 4.78 is 5.32. The Hall–Kier alpha value is -1.84. The summed E-state index contributed by atoms with van der Waals surface area (Å²) in [6, 6.07) is 9.97. The molecule has 1 aromatic rings. The summed E-state index contributed by atoms with van der Waals surface area (Å²) in [5, 5.41) is 2.92. The van der Waals surface area contributed by atoms with Crippen LogP contribution in [0.25, 0.3) is 0 Å². The van der Waals surface area contributed by atoms with Gasteiger partial charge in [-0.2, -0.15) is 0 Å². The van der Waals surface area contributed by atoms with E-state index in [-0.39, 0.29) is 11.8 Å². The van der Waals surface area contributed by atoms with Crippen LogP contribution in [0.4, 0.5) is 4.79 Å². The highest BCUT2D eigenvalue weighted by atomic mass is 16.6. The van der Waals surface area contributed by atoms with Gasteiger partial charge in [0.1, 0.15) is 11.4 Å². The molecular weight excluding hydrogens is 278 g/mol. The van der Waals surface area contributed by atoms with Crippen molar-refractivity contribution in [1.82, 2.24) is 5.32 Å². The van der Waals surface area contributed by atoms with Gasteiger partial charge in [0.15, 0.2) is 0 Å². The van der Waals surface area contributed by atoms with Gasteiger partial charge < -0.3 is 14.8 Å². The molecule has 22 heavy (non-hydrogen) atoms. The van der Waals surface area contributed by atoms with Crippen LogP contribution in [0.15, 0.2) is 30.3 Å². The SMILES string of the molecule is CC(=O)CCC[C@H](Cc1ccccc1)NC(=O)OC(C)(C)C. The fourth-order valence-corrected chi connectivity index (χ4v) is 2.20. The van der Waals surface area contributed by atoms with Gasteiger partial charge in [-0.25, -0.2) is 4.79 Å². The van der Waals surface area contributed by atoms with Crippen LogP contribution in [0, 0.1) is 0 Å². The molecule has 0 saturated carbocycles. The molecule has 1 amide bonds. The number of alkyl carbamates (subject to hydrolysis) is 1. The Morgan fingerprint density at radius 3 is 2.36 bits per heavy atom. The normalized spacial score (nSPS) is 12.5. The summed E-state index contributed by atoms with van der Waals surface area (Å²) in [5.74, 6) is 0.177. The first-order valence-corrected chi connectivity index (χ1v) is 7.79. The average molecular weight is 305 g/mol. The van der Waals surface area contributed by atoms with Crippen LogP contribution < -0.4 is 5.32 Å². The molecule has 0 radical (unpaired) electrons. The summed E-state index contributed by atoms with van der Waals surface area (Å²) in [4.78, 5) is 23.0. The van der Waals surface area contributed by atoms with Gasteiger partial charge >= 0.3 is 6.09 Å². The molecule has 1 rings (SSSR count). The van der Waals surface area contributed by atoms with Crippen molar-refractivity contribution in [3.8, 4) is 0 Å². The van der Waals surface area contributed by atoms with Crippen molar-refractivity contribution in [3.63, 3.8) is 0 Å². The van der Waals surface area contributed by atoms with Crippen LogP contribution >= 0.6 is 0 Å². The molecule has 0 spiro atoms. The summed E-state index contributed by atoms with van der Waals surface area (Å²) in [5.41, 5.74) is 0.646. The predicted molar refractivity (Wildman–Crippen MR) is 87.8 cm³/mol. The van der Waals surface area contributed by atoms with Gasteiger partial charge in [-0.1, -0.05) is 30.3 Å². The zero-order valence-electron chi connectivity index (χ0n) is 14.0. The minimum Gasteiger partial charge on any atom is -0.444 e. The second-order valence-electron chi connectivity index (χ2n) is 6.63. The van der Waals surface area contributed by atoms with E-state index in [2.05, 4.69) is 5.32 Å². The number of rotatable bonds is 7. The van der Waals surface area contributed by atoms with Crippen molar-refractivity contribution in [1.29, 1.82) is 0 Å². The number of ether oxygens (including phenoxy) is 1. The second-order valence-corrected chi connectivity index (χ2v) is 6.63. The molecule has 122 valence electrons. The van der Waals surface area contributed by atoms with Gasteiger partial charge in [0.05, 0.1) is 0 Å². The van der Waals surface area contributed by atoms with Crippen LogP contribution in [0.5, 0.6) is 0 Å². The average Bonchev–Trinajstić information content (AvgIpc) is 2.36. The highest BCUT2D eigenvalue weighted by Gasteiger charge is 2.19. The number of carbonyl (C=O) groups is 2. The molecule has 1 atom stereocenters. The molecule has 0 aliphatic carbocycles. The molecule has 0 aromatic heterocycles. The largest absolute Gasteiger partial charge is 0.444 e. The third-order valence-corrected chi connectivity index (χ3v) is 3.13. The monoisotopic (exact) mass is 305 g/mol. The molecule has 0 heterocycles. The standard InChI is InChI=1S/C18H27NO3/c1-14(20)9-8-12-16(13-15-10-6-5-7-11-15)19-17(21)22-18(2,3)4/h5-7,10-11,16H,8-9,12-13H2,1-4H3,(H,19,21)/t16-/m1/s1. The second kappa shape index (κ2) is 8.57. The number of hydrogen-bond donors (Lipinski definition) is 1. The summed E-state index contributed by atoms with van der Waals surface area (Å²) in [6.07, 6.45) is 2.39. The minimum atomic E-state index is -0.513. The quantitative estimate of drug-likeness (QED) is 0.831. The van der Waals surface area contributed by atoms with E-state index in [0.29, 0.717) is 6.42 Å². The molecular formula is C18H27NO3. The lowest BCUT2D eigenvalue weighted by Gasteiger charge is -2.23. The first-order chi connectivity index (χ1) is 10.3. The van der Waals surface area contributed by atoms with Gasteiger partial charge in [0.2, 0.25) is 0 Å². The van der Waals surface area contributed by atoms with Gasteiger partial charge in [0.25, 0.3) is 0 Å². The lowest BCUT2D eigenvalue weighted by molar-refractivity contribution is -0.117. The Morgan fingerprint density at radius 1 is 1.18 bits per heavy atom. The van der Waals surface area contributed by atoms with E-state index >= 15 is 0 Å². The molecule has 0 aliphatic rings. The summed E-state index contributed by atoms with van der Waals surface area (Å²) >= 11 is 0. The number of carbonyl (C=O) groups excluding carboxylic acids is 2. The number of benzene rings is 1. The van der Waals surface area contributed by atoms with Gasteiger partial charge in [-0.05, 0) is 52.5 Å². The summed E-state index contributed by atoms with van der Waals surface area (Å²) in [6.45, 7) is 7.12. The Kier molecular flexibility index (Phi) is 7.09. The van der Waals surface area contributed by atoms with Crippen molar-refractivity contribution in [2.24, 2.45) is 0 Å². The van der Waals surface area contributed by atoms with Crippen molar-refractivity contribution in [2.75, 3.05) is 0 Å². The van der Waals surface area contributed by atoms with Crippen molar-refractivity contribution in [2.45, 2.75) is 65.0 Å². The van der Waals surface area contributed by atoms with Gasteiger partial charge in [0, 0.05) is 12.5 Å². The first kappa shape index (κ1) is 18.2. The van der Waals surface area contributed by atoms with E-state index in [0.717, 1.165) is 24.8 Å². The number of amides is 1. The number of ketones is 1. The highest BCUT2D eigenvalue weighted by molar-refractivity contribution is 5.75. The van der Waals surface area contributed by atoms with E-state index in [4.69, 9.17) is 4.74 Å². The zero-order valence-corrected chi connectivity index (χ0v) is 14.0. The van der Waals surface area contributed by atoms with E-state index in [9.17, 15) is 9.59 Å². The van der Waals surface area contributed by atoms with Crippen LogP contribution in [0.3, 0.4) is 0 Å². The van der Waals surface area contributed by atoms with Crippen LogP contribution in [0.1, 0.15) is 52.5 Å². The Morgan fingerprint density at radius 2 is 1.82 bits per heavy atom.